The van der Waals surface area contributed by atoms with Crippen molar-refractivity contribution in [2.75, 3.05) is 0 Å². The number of hydrogen-bond acceptors (Lipinski definition) is 3. The van der Waals surface area contributed by atoms with Gasteiger partial charge in [-0.2, -0.15) is 8.78 Å². The highest BCUT2D eigenvalue weighted by Crippen LogP contribution is 2.20. The van der Waals surface area contributed by atoms with Crippen molar-refractivity contribution in [3.63, 3.8) is 0 Å². The molecule has 1 atom stereocenters. The molecule has 0 spiro atoms. The van der Waals surface area contributed by atoms with Gasteiger partial charge >= 0.3 is 6.61 Å². The monoisotopic (exact) mass is 497 g/mol. The average molecular weight is 498 g/mol. The predicted molar refractivity (Wildman–Crippen MR) is 130 cm³/mol. The Morgan fingerprint density at radius 2 is 1.69 bits per heavy atom. The maximum atomic E-state index is 13.2. The number of hydrogen-bond donors (Lipinski definition) is 3. The number of alkyl halides is 2. The van der Waals surface area contributed by atoms with Crippen LogP contribution in [0, 0.1) is 0 Å². The molecule has 3 aromatic carbocycles. The van der Waals surface area contributed by atoms with E-state index in [1.165, 1.54) is 12.1 Å². The lowest BCUT2D eigenvalue weighted by Crippen LogP contribution is -2.47. The molecule has 2 amide bonds. The molecule has 0 aliphatic rings. The van der Waals surface area contributed by atoms with E-state index in [0.717, 1.165) is 16.5 Å². The third-order valence-electron chi connectivity index (χ3n) is 5.45. The van der Waals surface area contributed by atoms with E-state index >= 15 is 0 Å². The van der Waals surface area contributed by atoms with Crippen molar-refractivity contribution in [2.45, 2.75) is 25.6 Å². The van der Waals surface area contributed by atoms with Gasteiger partial charge in [0.05, 0.1) is 10.6 Å². The number of H-pyrrole nitrogens is 1. The first-order valence-corrected chi connectivity index (χ1v) is 11.2. The quantitative estimate of drug-likeness (QED) is 0.301. The fourth-order valence-electron chi connectivity index (χ4n) is 3.71. The summed E-state index contributed by atoms with van der Waals surface area (Å²) in [6, 6.07) is 19.3. The van der Waals surface area contributed by atoms with Crippen LogP contribution in [0.4, 0.5) is 8.78 Å². The lowest BCUT2D eigenvalue weighted by Gasteiger charge is -2.19. The molecule has 180 valence electrons. The Morgan fingerprint density at radius 1 is 0.971 bits per heavy atom. The highest BCUT2D eigenvalue weighted by molar-refractivity contribution is 6.33. The minimum atomic E-state index is -2.91. The van der Waals surface area contributed by atoms with E-state index in [-0.39, 0.29) is 29.3 Å². The molecule has 0 aliphatic carbocycles. The van der Waals surface area contributed by atoms with Gasteiger partial charge in [0, 0.05) is 30.1 Å². The van der Waals surface area contributed by atoms with Crippen molar-refractivity contribution in [1.29, 1.82) is 0 Å². The highest BCUT2D eigenvalue weighted by Gasteiger charge is 2.24. The van der Waals surface area contributed by atoms with E-state index in [2.05, 4.69) is 20.4 Å². The summed E-state index contributed by atoms with van der Waals surface area (Å²) >= 11 is 6.16. The van der Waals surface area contributed by atoms with Crippen LogP contribution in [-0.2, 0) is 17.8 Å². The lowest BCUT2D eigenvalue weighted by atomic mass is 10.0. The summed E-state index contributed by atoms with van der Waals surface area (Å²) in [6.45, 7) is -2.77. The van der Waals surface area contributed by atoms with Gasteiger partial charge in [0.15, 0.2) is 0 Å². The van der Waals surface area contributed by atoms with Crippen molar-refractivity contribution in [3.8, 4) is 5.75 Å². The van der Waals surface area contributed by atoms with Crippen molar-refractivity contribution in [3.05, 3.63) is 101 Å². The Bertz CT molecular complexity index is 1320. The molecule has 0 fully saturated rings. The summed E-state index contributed by atoms with van der Waals surface area (Å²) < 4.78 is 29.0. The van der Waals surface area contributed by atoms with Crippen LogP contribution in [0.1, 0.15) is 21.5 Å². The molecule has 3 N–H and O–H groups in total. The number of amides is 2. The molecule has 35 heavy (non-hydrogen) atoms. The molecular weight excluding hydrogens is 476 g/mol. The molecule has 4 aromatic rings. The van der Waals surface area contributed by atoms with Gasteiger partial charge in [-0.1, -0.05) is 54.1 Å². The van der Waals surface area contributed by atoms with Crippen LogP contribution < -0.4 is 15.4 Å². The molecule has 0 bridgehead atoms. The Kier molecular flexibility index (Phi) is 7.62. The zero-order chi connectivity index (χ0) is 24.8. The molecular formula is C26H22ClF2N3O3. The van der Waals surface area contributed by atoms with Gasteiger partial charge in [0.25, 0.3) is 5.91 Å². The van der Waals surface area contributed by atoms with Crippen molar-refractivity contribution in [1.82, 2.24) is 15.6 Å². The van der Waals surface area contributed by atoms with E-state index in [4.69, 9.17) is 11.6 Å². The Labute approximate surface area is 205 Å². The minimum absolute atomic E-state index is 0.0271. The van der Waals surface area contributed by atoms with E-state index in [1.807, 2.05) is 30.5 Å². The molecule has 4 rings (SSSR count). The smallest absolute Gasteiger partial charge is 0.387 e. The average Bonchev–Trinajstić information content (AvgIpc) is 3.25. The van der Waals surface area contributed by atoms with Gasteiger partial charge < -0.3 is 20.4 Å². The van der Waals surface area contributed by atoms with E-state index in [9.17, 15) is 18.4 Å². The van der Waals surface area contributed by atoms with E-state index in [0.29, 0.717) is 5.56 Å². The van der Waals surface area contributed by atoms with Crippen LogP contribution in [0.2, 0.25) is 5.02 Å². The Morgan fingerprint density at radius 3 is 2.43 bits per heavy atom. The molecule has 1 heterocycles. The number of aromatic nitrogens is 1. The van der Waals surface area contributed by atoms with Gasteiger partial charge in [-0.25, -0.2) is 0 Å². The van der Waals surface area contributed by atoms with Gasteiger partial charge in [0.1, 0.15) is 11.8 Å². The molecule has 0 aliphatic heterocycles. The maximum Gasteiger partial charge on any atom is 0.387 e. The van der Waals surface area contributed by atoms with Gasteiger partial charge in [-0.3, -0.25) is 9.59 Å². The summed E-state index contributed by atoms with van der Waals surface area (Å²) in [4.78, 5) is 29.2. The third-order valence-corrected chi connectivity index (χ3v) is 5.78. The number of rotatable bonds is 9. The number of aromatic amines is 1. The first-order valence-electron chi connectivity index (χ1n) is 10.8. The first-order chi connectivity index (χ1) is 16.9. The van der Waals surface area contributed by atoms with Crippen LogP contribution in [-0.4, -0.2) is 29.5 Å². The molecule has 1 aromatic heterocycles. The highest BCUT2D eigenvalue weighted by atomic mass is 35.5. The van der Waals surface area contributed by atoms with Gasteiger partial charge in [-0.05, 0) is 41.5 Å². The second-order valence-corrected chi connectivity index (χ2v) is 8.22. The normalized spacial score (nSPS) is 11.9. The molecule has 0 saturated heterocycles. The summed E-state index contributed by atoms with van der Waals surface area (Å²) in [6.07, 6.45) is 2.06. The summed E-state index contributed by atoms with van der Waals surface area (Å²) in [5.41, 5.74) is 2.74. The van der Waals surface area contributed by atoms with Crippen LogP contribution >= 0.6 is 11.6 Å². The third kappa shape index (κ3) is 6.16. The maximum absolute atomic E-state index is 13.2. The zero-order valence-corrected chi connectivity index (χ0v) is 19.2. The van der Waals surface area contributed by atoms with Crippen LogP contribution in [0.3, 0.4) is 0 Å². The summed E-state index contributed by atoms with van der Waals surface area (Å²) in [5.74, 6) is -0.841. The predicted octanol–water partition coefficient (Wildman–Crippen LogP) is 5.08. The first kappa shape index (κ1) is 24.2. The number of nitrogens with one attached hydrogen (secondary N) is 3. The second-order valence-electron chi connectivity index (χ2n) is 7.81. The summed E-state index contributed by atoms with van der Waals surface area (Å²) in [5, 5.41) is 6.83. The fraction of sp³-hybridized carbons (Fsp3) is 0.154. The van der Waals surface area contributed by atoms with Crippen molar-refractivity contribution < 1.29 is 23.1 Å². The number of fused-ring (bicyclic) bond motifs is 1. The zero-order valence-electron chi connectivity index (χ0n) is 18.4. The molecule has 9 heteroatoms. The number of carbonyl (C=O) groups is 2. The van der Waals surface area contributed by atoms with Crippen LogP contribution in [0.15, 0.2) is 79.0 Å². The van der Waals surface area contributed by atoms with Gasteiger partial charge in [-0.15, -0.1) is 0 Å². The largest absolute Gasteiger partial charge is 0.435 e. The van der Waals surface area contributed by atoms with Crippen molar-refractivity contribution >= 4 is 34.3 Å². The molecule has 1 unspecified atom stereocenters. The van der Waals surface area contributed by atoms with Crippen molar-refractivity contribution in [2.24, 2.45) is 0 Å². The second kappa shape index (κ2) is 11.0. The molecule has 0 saturated carbocycles. The van der Waals surface area contributed by atoms with E-state index < -0.39 is 24.5 Å². The fourth-order valence-corrected chi connectivity index (χ4v) is 3.93. The van der Waals surface area contributed by atoms with Crippen LogP contribution in [0.5, 0.6) is 5.75 Å². The lowest BCUT2D eigenvalue weighted by molar-refractivity contribution is -0.123. The number of halogens is 3. The number of ether oxygens (including phenoxy) is 1. The molecule has 0 radical (unpaired) electrons. The van der Waals surface area contributed by atoms with Crippen LogP contribution in [0.25, 0.3) is 10.9 Å². The number of carbonyl (C=O) groups excluding carboxylic acids is 2. The Hall–Kier alpha value is -3.91. The molecule has 6 nitrogen and oxygen atoms in total. The number of para-hydroxylation sites is 1. The van der Waals surface area contributed by atoms with Gasteiger partial charge in [0.2, 0.25) is 5.91 Å². The minimum Gasteiger partial charge on any atom is -0.435 e. The summed E-state index contributed by atoms with van der Waals surface area (Å²) in [7, 11) is 0. The Balaban J connectivity index is 1.50. The van der Waals surface area contributed by atoms with E-state index in [1.54, 1.807) is 36.4 Å². The topological polar surface area (TPSA) is 83.2 Å². The number of benzene rings is 3. The standard InChI is InChI=1S/C26H22ClF2N3O3/c27-21-7-3-1-6-20(21)24(33)32-23(13-17-15-30-22-8-4-2-5-19(17)22)25(34)31-14-16-9-11-18(12-10-16)35-26(28)29/h1-12,15,23,26,30H,13-14H2,(H,31,34)(H,32,33). The SMILES string of the molecule is O=C(NC(Cc1c[nH]c2ccccc12)C(=O)NCc1ccc(OC(F)F)cc1)c1ccccc1Cl.